The fraction of sp³-hybridized carbons (Fsp3) is 0.375. The van der Waals surface area contributed by atoms with Gasteiger partial charge in [0.05, 0.1) is 6.04 Å². The van der Waals surface area contributed by atoms with Crippen LogP contribution in [0.4, 0.5) is 0 Å². The van der Waals surface area contributed by atoms with E-state index in [1.165, 1.54) is 0 Å². The van der Waals surface area contributed by atoms with Gasteiger partial charge in [-0.3, -0.25) is 4.68 Å². The van der Waals surface area contributed by atoms with Crippen LogP contribution in [-0.2, 0) is 16.1 Å². The molecule has 0 spiro atoms. The molecule has 3 rings (SSSR count). The highest BCUT2D eigenvalue weighted by Gasteiger charge is 2.21. The third-order valence-electron chi connectivity index (χ3n) is 3.68. The third-order valence-corrected chi connectivity index (χ3v) is 4.27. The summed E-state index contributed by atoms with van der Waals surface area (Å²) in [6, 6.07) is 9.90. The van der Waals surface area contributed by atoms with Gasteiger partial charge in [-0.05, 0) is 34.3 Å². The summed E-state index contributed by atoms with van der Waals surface area (Å²) in [5, 5.41) is 4.39. The van der Waals surface area contributed by atoms with E-state index in [4.69, 9.17) is 9.47 Å². The zero-order chi connectivity index (χ0) is 15.4. The Hall–Kier alpha value is -1.66. The van der Waals surface area contributed by atoms with Crippen molar-refractivity contribution in [1.29, 1.82) is 0 Å². The van der Waals surface area contributed by atoms with Gasteiger partial charge in [-0.1, -0.05) is 30.3 Å². The van der Waals surface area contributed by atoms with E-state index in [0.29, 0.717) is 10.2 Å². The molecule has 5 nitrogen and oxygen atoms in total. The van der Waals surface area contributed by atoms with Crippen LogP contribution >= 0.6 is 15.9 Å². The van der Waals surface area contributed by atoms with Crippen LogP contribution < -0.4 is 0 Å². The summed E-state index contributed by atoms with van der Waals surface area (Å²) in [6.45, 7) is 1.72. The number of benzene rings is 1. The Morgan fingerprint density at radius 2 is 2.05 bits per heavy atom. The quantitative estimate of drug-likeness (QED) is 0.780. The van der Waals surface area contributed by atoms with E-state index in [0.717, 1.165) is 31.6 Å². The minimum atomic E-state index is -0.367. The maximum Gasteiger partial charge on any atom is 0.342 e. The van der Waals surface area contributed by atoms with Crippen LogP contribution in [0.15, 0.2) is 41.1 Å². The fourth-order valence-corrected chi connectivity index (χ4v) is 2.89. The molecule has 0 radical (unpaired) electrons. The van der Waals surface area contributed by atoms with E-state index >= 15 is 0 Å². The predicted molar refractivity (Wildman–Crippen MR) is 84.6 cm³/mol. The van der Waals surface area contributed by atoms with Crippen molar-refractivity contribution in [2.45, 2.75) is 25.5 Å². The lowest BCUT2D eigenvalue weighted by atomic mass is 10.1. The Labute approximate surface area is 137 Å². The van der Waals surface area contributed by atoms with Gasteiger partial charge in [-0.15, -0.1) is 0 Å². The molecule has 0 atom stereocenters. The van der Waals surface area contributed by atoms with Gasteiger partial charge in [0, 0.05) is 19.4 Å². The van der Waals surface area contributed by atoms with Gasteiger partial charge >= 0.3 is 5.97 Å². The summed E-state index contributed by atoms with van der Waals surface area (Å²) in [6.07, 6.45) is 3.58. The zero-order valence-corrected chi connectivity index (χ0v) is 13.7. The minimum Gasteiger partial charge on any atom is -0.457 e. The summed E-state index contributed by atoms with van der Waals surface area (Å²) >= 11 is 3.35. The van der Waals surface area contributed by atoms with Crippen LogP contribution in [0.5, 0.6) is 0 Å². The van der Waals surface area contributed by atoms with Crippen molar-refractivity contribution >= 4 is 21.9 Å². The second kappa shape index (κ2) is 7.07. The van der Waals surface area contributed by atoms with E-state index < -0.39 is 0 Å². The molecule has 1 saturated heterocycles. The number of esters is 1. The molecular weight excluding hydrogens is 348 g/mol. The summed E-state index contributed by atoms with van der Waals surface area (Å²) in [7, 11) is 0. The van der Waals surface area contributed by atoms with Gasteiger partial charge in [-0.25, -0.2) is 4.79 Å². The second-order valence-electron chi connectivity index (χ2n) is 5.22. The summed E-state index contributed by atoms with van der Waals surface area (Å²) in [5.74, 6) is -0.367. The first-order chi connectivity index (χ1) is 10.7. The first-order valence-corrected chi connectivity index (χ1v) is 8.07. The molecular formula is C16H17BrN2O3. The topological polar surface area (TPSA) is 53.4 Å². The van der Waals surface area contributed by atoms with Crippen molar-refractivity contribution in [2.24, 2.45) is 0 Å². The maximum atomic E-state index is 12.2. The molecule has 22 heavy (non-hydrogen) atoms. The van der Waals surface area contributed by atoms with Crippen LogP contribution in [0.25, 0.3) is 0 Å². The highest BCUT2D eigenvalue weighted by molar-refractivity contribution is 9.10. The Bertz CT molecular complexity index is 636. The van der Waals surface area contributed by atoms with Crippen molar-refractivity contribution in [3.05, 3.63) is 52.3 Å². The lowest BCUT2D eigenvalue weighted by Crippen LogP contribution is -2.19. The Morgan fingerprint density at radius 1 is 1.32 bits per heavy atom. The van der Waals surface area contributed by atoms with Crippen LogP contribution in [0.1, 0.15) is 34.8 Å². The summed E-state index contributed by atoms with van der Waals surface area (Å²) in [4.78, 5) is 12.2. The lowest BCUT2D eigenvalue weighted by Gasteiger charge is -2.22. The zero-order valence-electron chi connectivity index (χ0n) is 12.1. The molecule has 1 aliphatic rings. The molecule has 0 unspecified atom stereocenters. The molecule has 2 heterocycles. The van der Waals surface area contributed by atoms with Gasteiger partial charge in [0.1, 0.15) is 16.8 Å². The Kier molecular flexibility index (Phi) is 4.90. The monoisotopic (exact) mass is 364 g/mol. The number of nitrogens with zero attached hydrogens (tertiary/aromatic N) is 2. The lowest BCUT2D eigenvalue weighted by molar-refractivity contribution is 0.0471. The third kappa shape index (κ3) is 3.56. The second-order valence-corrected chi connectivity index (χ2v) is 5.97. The number of carbonyl (C=O) groups excluding carboxylic acids is 1. The van der Waals surface area contributed by atoms with Crippen molar-refractivity contribution in [3.8, 4) is 0 Å². The van der Waals surface area contributed by atoms with E-state index in [-0.39, 0.29) is 18.6 Å². The molecule has 6 heteroatoms. The Morgan fingerprint density at radius 3 is 2.77 bits per heavy atom. The van der Waals surface area contributed by atoms with Gasteiger partial charge in [0.25, 0.3) is 0 Å². The van der Waals surface area contributed by atoms with E-state index in [1.54, 1.807) is 6.20 Å². The number of aromatic nitrogens is 2. The number of halogens is 1. The van der Waals surface area contributed by atoms with Crippen LogP contribution in [0.2, 0.25) is 0 Å². The first-order valence-electron chi connectivity index (χ1n) is 7.27. The molecule has 0 N–H and O–H groups in total. The summed E-state index contributed by atoms with van der Waals surface area (Å²) < 4.78 is 13.1. The summed E-state index contributed by atoms with van der Waals surface area (Å²) in [5.41, 5.74) is 1.42. The molecule has 2 aromatic rings. The standard InChI is InChI=1S/C16H17BrN2O3/c17-15-14(10-19(18-15)13-6-8-21-9-7-13)16(20)22-11-12-4-2-1-3-5-12/h1-5,10,13H,6-9,11H2. The smallest absolute Gasteiger partial charge is 0.342 e. The SMILES string of the molecule is O=C(OCc1ccccc1)c1cn(C2CCOCC2)nc1Br. The van der Waals surface area contributed by atoms with Crippen LogP contribution in [0, 0.1) is 0 Å². The maximum absolute atomic E-state index is 12.2. The minimum absolute atomic E-state index is 0.258. The van der Waals surface area contributed by atoms with E-state index in [1.807, 2.05) is 35.0 Å². The normalized spacial score (nSPS) is 15.7. The molecule has 1 aromatic heterocycles. The highest BCUT2D eigenvalue weighted by Crippen LogP contribution is 2.24. The van der Waals surface area contributed by atoms with Gasteiger partial charge < -0.3 is 9.47 Å². The molecule has 116 valence electrons. The molecule has 1 fully saturated rings. The van der Waals surface area contributed by atoms with E-state index in [9.17, 15) is 4.79 Å². The number of hydrogen-bond donors (Lipinski definition) is 0. The average molecular weight is 365 g/mol. The van der Waals surface area contributed by atoms with Gasteiger partial charge in [0.2, 0.25) is 0 Å². The molecule has 0 bridgehead atoms. The molecule has 0 amide bonds. The van der Waals surface area contributed by atoms with Crippen molar-refractivity contribution in [1.82, 2.24) is 9.78 Å². The molecule has 1 aliphatic heterocycles. The fourth-order valence-electron chi connectivity index (χ4n) is 2.44. The number of hydrogen-bond acceptors (Lipinski definition) is 4. The Balaban J connectivity index is 1.66. The first kappa shape index (κ1) is 15.2. The number of rotatable bonds is 4. The molecule has 1 aromatic carbocycles. The van der Waals surface area contributed by atoms with Crippen LogP contribution in [0.3, 0.4) is 0 Å². The average Bonchev–Trinajstić information content (AvgIpc) is 2.96. The molecule has 0 saturated carbocycles. The van der Waals surface area contributed by atoms with E-state index in [2.05, 4.69) is 21.0 Å². The molecule has 0 aliphatic carbocycles. The van der Waals surface area contributed by atoms with Gasteiger partial charge in [0.15, 0.2) is 0 Å². The number of carbonyl (C=O) groups is 1. The highest BCUT2D eigenvalue weighted by atomic mass is 79.9. The van der Waals surface area contributed by atoms with Crippen molar-refractivity contribution in [3.63, 3.8) is 0 Å². The van der Waals surface area contributed by atoms with Crippen molar-refractivity contribution in [2.75, 3.05) is 13.2 Å². The predicted octanol–water partition coefficient (Wildman–Crippen LogP) is 3.35. The van der Waals surface area contributed by atoms with Crippen LogP contribution in [-0.4, -0.2) is 29.0 Å². The van der Waals surface area contributed by atoms with Gasteiger partial charge in [-0.2, -0.15) is 5.10 Å². The van der Waals surface area contributed by atoms with Crippen molar-refractivity contribution < 1.29 is 14.3 Å². The number of ether oxygens (including phenoxy) is 2. The largest absolute Gasteiger partial charge is 0.457 e.